The molecule has 0 amide bonds. The van der Waals surface area contributed by atoms with E-state index >= 15 is 0 Å². The summed E-state index contributed by atoms with van der Waals surface area (Å²) in [6, 6.07) is 3.03. The maximum absolute atomic E-state index is 3.03. The van der Waals surface area contributed by atoms with E-state index in [1.165, 1.54) is 19.3 Å². The molecule has 4 aliphatic rings. The van der Waals surface area contributed by atoms with Crippen LogP contribution in [0.3, 0.4) is 0 Å². The second-order valence-electron chi connectivity index (χ2n) is 11.1. The molecule has 0 aromatic carbocycles. The molecule has 0 unspecified atom stereocenters. The molecule has 4 rings (SSSR count). The maximum Gasteiger partial charge on any atom is 0.0649 e. The van der Waals surface area contributed by atoms with Gasteiger partial charge in [-0.2, -0.15) is 0 Å². The lowest BCUT2D eigenvalue weighted by Crippen LogP contribution is -2.57. The third kappa shape index (κ3) is 2.56. The molecule has 121 valence electrons. The molecule has 0 spiro atoms. The fourth-order valence-electron chi connectivity index (χ4n) is 6.52. The normalized spacial score (nSPS) is 39.9. The van der Waals surface area contributed by atoms with Gasteiger partial charge in [0, 0.05) is 0 Å². The molecule has 1 heteroatoms. The minimum absolute atomic E-state index is 0.467. The molecule has 1 radical (unpaired) electrons. The summed E-state index contributed by atoms with van der Waals surface area (Å²) in [6.45, 7) is 17.8. The van der Waals surface area contributed by atoms with E-state index in [1.807, 2.05) is 0 Å². The van der Waals surface area contributed by atoms with Gasteiger partial charge < -0.3 is 0 Å². The highest BCUT2D eigenvalue weighted by Gasteiger charge is 2.58. The molecule has 21 heavy (non-hydrogen) atoms. The van der Waals surface area contributed by atoms with Crippen molar-refractivity contribution in [2.24, 2.45) is 23.2 Å². The summed E-state index contributed by atoms with van der Waals surface area (Å²) < 4.78 is 0. The standard InChI is InChI=1S/C20H37Si/c1-18(2,3)21(7,19(4,5)6)14-20-11-15-8-16(12-20)10-17(9-15)13-20/h14-17H,8-13H2,1-7H3. The molecule has 0 nitrogen and oxygen atoms in total. The van der Waals surface area contributed by atoms with E-state index < -0.39 is 8.07 Å². The number of hydrogen-bond donors (Lipinski definition) is 0. The van der Waals surface area contributed by atoms with Gasteiger partial charge in [-0.25, -0.2) is 0 Å². The van der Waals surface area contributed by atoms with Gasteiger partial charge in [0.15, 0.2) is 0 Å². The second kappa shape index (κ2) is 4.62. The van der Waals surface area contributed by atoms with Crippen molar-refractivity contribution in [2.45, 2.75) is 96.7 Å². The minimum Gasteiger partial charge on any atom is -0.0682 e. The Balaban J connectivity index is 1.90. The minimum atomic E-state index is -1.46. The van der Waals surface area contributed by atoms with Crippen molar-refractivity contribution in [1.82, 2.24) is 0 Å². The van der Waals surface area contributed by atoms with E-state index in [0.29, 0.717) is 15.5 Å². The van der Waals surface area contributed by atoms with Crippen LogP contribution in [-0.2, 0) is 0 Å². The molecule has 0 heterocycles. The summed E-state index contributed by atoms with van der Waals surface area (Å²) in [6.07, 6.45) is 9.30. The predicted molar refractivity (Wildman–Crippen MR) is 96.0 cm³/mol. The predicted octanol–water partition coefficient (Wildman–Crippen LogP) is 6.63. The average Bonchev–Trinajstić information content (AvgIpc) is 2.22. The molecule has 4 aliphatic carbocycles. The first-order valence-corrected chi connectivity index (χ1v) is 11.9. The van der Waals surface area contributed by atoms with Gasteiger partial charge in [-0.15, -0.1) is 0 Å². The summed E-state index contributed by atoms with van der Waals surface area (Å²) in [5.41, 5.74) is 0.635. The van der Waals surface area contributed by atoms with Gasteiger partial charge in [-0.1, -0.05) is 48.1 Å². The van der Waals surface area contributed by atoms with Crippen molar-refractivity contribution in [3.8, 4) is 0 Å². The van der Waals surface area contributed by atoms with Gasteiger partial charge in [-0.3, -0.25) is 0 Å². The third-order valence-corrected chi connectivity index (χ3v) is 15.2. The van der Waals surface area contributed by atoms with Gasteiger partial charge in [0.25, 0.3) is 0 Å². The SMILES string of the molecule is CC(C)(C)[Si](C)([CH]C12CC3CC(CC(C3)C1)C2)C(C)(C)C. The van der Waals surface area contributed by atoms with E-state index in [4.69, 9.17) is 0 Å². The van der Waals surface area contributed by atoms with Crippen molar-refractivity contribution in [3.05, 3.63) is 6.04 Å². The zero-order valence-electron chi connectivity index (χ0n) is 15.6. The van der Waals surface area contributed by atoms with Crippen molar-refractivity contribution < 1.29 is 0 Å². The molecular weight excluding hydrogens is 268 g/mol. The topological polar surface area (TPSA) is 0 Å². The first kappa shape index (κ1) is 16.1. The molecule has 4 fully saturated rings. The molecule has 0 aromatic heterocycles. The molecule has 0 saturated heterocycles. The zero-order chi connectivity index (χ0) is 15.7. The lowest BCUT2D eigenvalue weighted by atomic mass is 9.50. The van der Waals surface area contributed by atoms with Gasteiger partial charge in [0.1, 0.15) is 0 Å². The third-order valence-electron chi connectivity index (χ3n) is 7.80. The van der Waals surface area contributed by atoms with Crippen LogP contribution < -0.4 is 0 Å². The van der Waals surface area contributed by atoms with Crippen LogP contribution in [-0.4, -0.2) is 8.07 Å². The van der Waals surface area contributed by atoms with Crippen molar-refractivity contribution in [1.29, 1.82) is 0 Å². The van der Waals surface area contributed by atoms with Gasteiger partial charge in [0.05, 0.1) is 8.07 Å². The first-order valence-electron chi connectivity index (χ1n) is 9.31. The Kier molecular flexibility index (Phi) is 3.54. The Bertz CT molecular complexity index is 357. The molecule has 4 bridgehead atoms. The Labute approximate surface area is 134 Å². The fraction of sp³-hybridized carbons (Fsp3) is 0.950. The molecule has 0 N–H and O–H groups in total. The van der Waals surface area contributed by atoms with Crippen LogP contribution in [0.2, 0.25) is 16.6 Å². The van der Waals surface area contributed by atoms with Crippen LogP contribution in [0, 0.1) is 29.2 Å². The fourth-order valence-corrected chi connectivity index (χ4v) is 11.2. The summed E-state index contributed by atoms with van der Waals surface area (Å²) >= 11 is 0. The highest BCUT2D eigenvalue weighted by Crippen LogP contribution is 2.65. The Morgan fingerprint density at radius 3 is 1.38 bits per heavy atom. The first-order chi connectivity index (χ1) is 9.44. The lowest BCUT2D eigenvalue weighted by Gasteiger charge is -2.62. The Morgan fingerprint density at radius 2 is 1.10 bits per heavy atom. The Morgan fingerprint density at radius 1 is 0.762 bits per heavy atom. The quantitative estimate of drug-likeness (QED) is 0.502. The van der Waals surface area contributed by atoms with Crippen molar-refractivity contribution >= 4 is 8.07 Å². The molecule has 0 aromatic rings. The lowest BCUT2D eigenvalue weighted by molar-refractivity contribution is -0.0296. The number of rotatable bonds is 2. The average molecular weight is 306 g/mol. The zero-order valence-corrected chi connectivity index (χ0v) is 16.6. The van der Waals surface area contributed by atoms with E-state index in [9.17, 15) is 0 Å². The smallest absolute Gasteiger partial charge is 0.0649 e. The van der Waals surface area contributed by atoms with Gasteiger partial charge >= 0.3 is 0 Å². The number of hydrogen-bond acceptors (Lipinski definition) is 0. The van der Waals surface area contributed by atoms with E-state index in [0.717, 1.165) is 17.8 Å². The van der Waals surface area contributed by atoms with Gasteiger partial charge in [-0.05, 0) is 77.8 Å². The summed E-state index contributed by atoms with van der Waals surface area (Å²) in [5, 5.41) is 0.934. The summed E-state index contributed by atoms with van der Waals surface area (Å²) in [7, 11) is -1.46. The monoisotopic (exact) mass is 305 g/mol. The van der Waals surface area contributed by atoms with E-state index in [1.54, 1.807) is 19.3 Å². The Hall–Kier alpha value is 0.217. The van der Waals surface area contributed by atoms with E-state index in [-0.39, 0.29) is 0 Å². The van der Waals surface area contributed by atoms with Crippen molar-refractivity contribution in [3.63, 3.8) is 0 Å². The van der Waals surface area contributed by atoms with Crippen LogP contribution in [0.15, 0.2) is 0 Å². The highest BCUT2D eigenvalue weighted by atomic mass is 28.3. The molecular formula is C20H37Si. The van der Waals surface area contributed by atoms with Crippen LogP contribution in [0.5, 0.6) is 0 Å². The molecule has 0 atom stereocenters. The summed E-state index contributed by atoms with van der Waals surface area (Å²) in [5.74, 6) is 3.22. The summed E-state index contributed by atoms with van der Waals surface area (Å²) in [4.78, 5) is 0. The van der Waals surface area contributed by atoms with Crippen LogP contribution in [0.1, 0.15) is 80.1 Å². The highest BCUT2D eigenvalue weighted by molar-refractivity contribution is 6.87. The maximum atomic E-state index is 3.03. The second-order valence-corrected chi connectivity index (χ2v) is 16.8. The van der Waals surface area contributed by atoms with Crippen LogP contribution in [0.4, 0.5) is 0 Å². The van der Waals surface area contributed by atoms with Crippen LogP contribution in [0.25, 0.3) is 0 Å². The van der Waals surface area contributed by atoms with Crippen LogP contribution >= 0.6 is 0 Å². The largest absolute Gasteiger partial charge is 0.0682 e. The molecule has 0 aliphatic heterocycles. The molecule has 4 saturated carbocycles. The van der Waals surface area contributed by atoms with Gasteiger partial charge in [0.2, 0.25) is 0 Å². The van der Waals surface area contributed by atoms with Crippen molar-refractivity contribution in [2.75, 3.05) is 0 Å². The van der Waals surface area contributed by atoms with E-state index in [2.05, 4.69) is 54.1 Å².